The number of hydrogen-bond acceptors (Lipinski definition) is 2. The van der Waals surface area contributed by atoms with Crippen molar-refractivity contribution in [3.63, 3.8) is 0 Å². The Bertz CT molecular complexity index is 739. The van der Waals surface area contributed by atoms with Gasteiger partial charge in [0.05, 0.1) is 5.56 Å². The minimum absolute atomic E-state index is 0.262. The molecule has 0 amide bonds. The third-order valence-electron chi connectivity index (χ3n) is 2.53. The number of hydrogen-bond donors (Lipinski definition) is 0. The Morgan fingerprint density at radius 2 is 2.00 bits per heavy atom. The van der Waals surface area contributed by atoms with Crippen molar-refractivity contribution < 1.29 is 4.39 Å². The molecule has 90 valence electrons. The van der Waals surface area contributed by atoms with Gasteiger partial charge in [0.25, 0.3) is 0 Å². The Morgan fingerprint density at radius 3 is 2.78 bits per heavy atom. The number of fused-ring (bicyclic) bond motifs is 1. The molecule has 2 aromatic heterocycles. The maximum absolute atomic E-state index is 13.9. The number of imidazole rings is 1. The van der Waals surface area contributed by atoms with Gasteiger partial charge in [-0.15, -0.1) is 0 Å². The molecule has 0 atom stereocenters. The van der Waals surface area contributed by atoms with Crippen LogP contribution in [0.25, 0.3) is 17.0 Å². The Labute approximate surface area is 112 Å². The topological polar surface area (TPSA) is 30.2 Å². The lowest BCUT2D eigenvalue weighted by atomic mass is 10.2. The zero-order chi connectivity index (χ0) is 12.7. The molecule has 0 aliphatic rings. The molecular weight excluding hydrogens is 276 g/mol. The Kier molecular flexibility index (Phi) is 2.69. The largest absolute Gasteiger partial charge is 0.284 e. The molecule has 2 heterocycles. The van der Waals surface area contributed by atoms with Crippen molar-refractivity contribution in [2.75, 3.05) is 0 Å². The quantitative estimate of drug-likeness (QED) is 0.635. The van der Waals surface area contributed by atoms with Gasteiger partial charge < -0.3 is 0 Å². The second-order valence-electron chi connectivity index (χ2n) is 3.68. The third kappa shape index (κ3) is 1.83. The predicted octanol–water partition coefficient (Wildman–Crippen LogP) is 3.84. The van der Waals surface area contributed by atoms with E-state index in [9.17, 15) is 4.39 Å². The van der Waals surface area contributed by atoms with Crippen LogP contribution in [0.15, 0.2) is 36.7 Å². The van der Waals surface area contributed by atoms with Crippen LogP contribution in [-0.2, 0) is 0 Å². The van der Waals surface area contributed by atoms with Crippen molar-refractivity contribution in [3.05, 3.63) is 52.7 Å². The fourth-order valence-electron chi connectivity index (χ4n) is 1.76. The second kappa shape index (κ2) is 4.23. The second-order valence-corrected chi connectivity index (χ2v) is 4.51. The molecule has 3 aromatic rings. The Hall–Kier alpha value is -1.65. The Balaban J connectivity index is 2.33. The van der Waals surface area contributed by atoms with E-state index in [0.29, 0.717) is 22.1 Å². The lowest BCUT2D eigenvalue weighted by Gasteiger charge is -2.06. The third-order valence-corrected chi connectivity index (χ3v) is 2.96. The summed E-state index contributed by atoms with van der Waals surface area (Å²) in [5, 5.41) is 0.596. The van der Waals surface area contributed by atoms with Crippen molar-refractivity contribution >= 4 is 28.8 Å². The highest BCUT2D eigenvalue weighted by Gasteiger charge is 2.12. The summed E-state index contributed by atoms with van der Waals surface area (Å²) in [4.78, 5) is 8.24. The summed E-state index contributed by atoms with van der Waals surface area (Å²) in [7, 11) is 0. The van der Waals surface area contributed by atoms with Crippen molar-refractivity contribution in [1.29, 1.82) is 0 Å². The summed E-state index contributed by atoms with van der Waals surface area (Å²) in [5.41, 5.74) is 0.934. The molecule has 0 bridgehead atoms. The normalized spacial score (nSPS) is 11.1. The molecule has 0 unspecified atom stereocenters. The summed E-state index contributed by atoms with van der Waals surface area (Å²) >= 11 is 11.6. The van der Waals surface area contributed by atoms with Crippen LogP contribution in [0.4, 0.5) is 4.39 Å². The van der Waals surface area contributed by atoms with Crippen LogP contribution in [-0.4, -0.2) is 14.4 Å². The lowest BCUT2D eigenvalue weighted by Crippen LogP contribution is -1.97. The van der Waals surface area contributed by atoms with E-state index in [1.54, 1.807) is 35.0 Å². The van der Waals surface area contributed by atoms with Crippen LogP contribution in [0.1, 0.15) is 0 Å². The monoisotopic (exact) mass is 281 g/mol. The van der Waals surface area contributed by atoms with Gasteiger partial charge in [0.15, 0.2) is 0 Å². The summed E-state index contributed by atoms with van der Waals surface area (Å²) < 4.78 is 15.6. The summed E-state index contributed by atoms with van der Waals surface area (Å²) in [5.74, 6) is -0.0589. The standard InChI is InChI=1S/C12H6Cl2FN3/c13-7-1-2-8(9(15)5-7)12-17-10(14)6-11-16-3-4-18(11)12/h1-6H. The number of benzene rings is 1. The van der Waals surface area contributed by atoms with Crippen LogP contribution < -0.4 is 0 Å². The molecule has 0 aliphatic heterocycles. The molecule has 0 spiro atoms. The van der Waals surface area contributed by atoms with Crippen LogP contribution in [0, 0.1) is 5.82 Å². The maximum atomic E-state index is 13.9. The zero-order valence-corrected chi connectivity index (χ0v) is 10.5. The van der Waals surface area contributed by atoms with E-state index >= 15 is 0 Å². The van der Waals surface area contributed by atoms with Crippen LogP contribution >= 0.6 is 23.2 Å². The van der Waals surface area contributed by atoms with Crippen LogP contribution in [0.5, 0.6) is 0 Å². The molecule has 0 aliphatic carbocycles. The van der Waals surface area contributed by atoms with Gasteiger partial charge in [-0.2, -0.15) is 0 Å². The van der Waals surface area contributed by atoms with E-state index < -0.39 is 5.82 Å². The van der Waals surface area contributed by atoms with Crippen LogP contribution in [0.2, 0.25) is 10.2 Å². The first kappa shape index (κ1) is 11.4. The van der Waals surface area contributed by atoms with Gasteiger partial charge in [-0.1, -0.05) is 23.2 Å². The molecule has 0 fully saturated rings. The summed E-state index contributed by atoms with van der Waals surface area (Å²) in [6.45, 7) is 0. The van der Waals surface area contributed by atoms with E-state index in [0.717, 1.165) is 0 Å². The zero-order valence-electron chi connectivity index (χ0n) is 8.94. The maximum Gasteiger partial charge on any atom is 0.150 e. The average Bonchev–Trinajstić information content (AvgIpc) is 2.76. The van der Waals surface area contributed by atoms with E-state index in [-0.39, 0.29) is 5.15 Å². The molecule has 0 radical (unpaired) electrons. The van der Waals surface area contributed by atoms with Crippen LogP contribution in [0.3, 0.4) is 0 Å². The molecule has 0 saturated heterocycles. The molecule has 1 aromatic carbocycles. The first-order chi connectivity index (χ1) is 8.65. The highest BCUT2D eigenvalue weighted by Crippen LogP contribution is 2.25. The first-order valence-electron chi connectivity index (χ1n) is 5.10. The molecule has 3 rings (SSSR count). The van der Waals surface area contributed by atoms with Crippen molar-refractivity contribution in [3.8, 4) is 11.4 Å². The molecular formula is C12H6Cl2FN3. The van der Waals surface area contributed by atoms with E-state index in [1.807, 2.05) is 0 Å². The summed E-state index contributed by atoms with van der Waals surface area (Å²) in [6.07, 6.45) is 3.30. The fraction of sp³-hybridized carbons (Fsp3) is 0. The molecule has 3 nitrogen and oxygen atoms in total. The minimum atomic E-state index is -0.452. The smallest absolute Gasteiger partial charge is 0.150 e. The van der Waals surface area contributed by atoms with Crippen molar-refractivity contribution in [2.24, 2.45) is 0 Å². The highest BCUT2D eigenvalue weighted by molar-refractivity contribution is 6.30. The molecule has 6 heteroatoms. The van der Waals surface area contributed by atoms with Gasteiger partial charge in [-0.05, 0) is 18.2 Å². The number of rotatable bonds is 1. The number of halogens is 3. The van der Waals surface area contributed by atoms with E-state index in [1.165, 1.54) is 6.07 Å². The molecule has 18 heavy (non-hydrogen) atoms. The Morgan fingerprint density at radius 1 is 1.17 bits per heavy atom. The summed E-state index contributed by atoms with van der Waals surface area (Å²) in [6, 6.07) is 6.02. The van der Waals surface area contributed by atoms with Crippen molar-refractivity contribution in [2.45, 2.75) is 0 Å². The average molecular weight is 282 g/mol. The lowest BCUT2D eigenvalue weighted by molar-refractivity contribution is 0.629. The van der Waals surface area contributed by atoms with Gasteiger partial charge in [-0.25, -0.2) is 14.4 Å². The van der Waals surface area contributed by atoms with Gasteiger partial charge >= 0.3 is 0 Å². The highest BCUT2D eigenvalue weighted by atomic mass is 35.5. The SMILES string of the molecule is Fc1cc(Cl)ccc1-c1nc(Cl)cc2nccn12. The van der Waals surface area contributed by atoms with Gasteiger partial charge in [0.2, 0.25) is 0 Å². The number of aromatic nitrogens is 3. The first-order valence-corrected chi connectivity index (χ1v) is 5.86. The van der Waals surface area contributed by atoms with Crippen molar-refractivity contribution in [1.82, 2.24) is 14.4 Å². The van der Waals surface area contributed by atoms with E-state index in [2.05, 4.69) is 9.97 Å². The number of nitrogens with zero attached hydrogens (tertiary/aromatic N) is 3. The molecule has 0 saturated carbocycles. The fourth-order valence-corrected chi connectivity index (χ4v) is 2.09. The van der Waals surface area contributed by atoms with Gasteiger partial charge in [0, 0.05) is 23.5 Å². The van der Waals surface area contributed by atoms with Gasteiger partial charge in [0.1, 0.15) is 22.4 Å². The van der Waals surface area contributed by atoms with E-state index in [4.69, 9.17) is 23.2 Å². The molecule has 0 N–H and O–H groups in total. The minimum Gasteiger partial charge on any atom is -0.284 e. The van der Waals surface area contributed by atoms with Gasteiger partial charge in [-0.3, -0.25) is 4.40 Å². The predicted molar refractivity (Wildman–Crippen MR) is 68.4 cm³/mol.